The summed E-state index contributed by atoms with van der Waals surface area (Å²) < 4.78 is 9.21. The highest BCUT2D eigenvalue weighted by Gasteiger charge is 2.19. The molecule has 0 aliphatic rings. The Labute approximate surface area is 188 Å². The summed E-state index contributed by atoms with van der Waals surface area (Å²) in [5.74, 6) is 1.05. The largest absolute Gasteiger partial charge is 0.497 e. The van der Waals surface area contributed by atoms with Crippen molar-refractivity contribution in [2.75, 3.05) is 12.5 Å². The quantitative estimate of drug-likeness (QED) is 0.358. The Morgan fingerprint density at radius 2 is 1.81 bits per heavy atom. The Balaban J connectivity index is 1.80. The summed E-state index contributed by atoms with van der Waals surface area (Å²) in [5.41, 5.74) is 4.16. The Bertz CT molecular complexity index is 1430. The summed E-state index contributed by atoms with van der Waals surface area (Å²) in [4.78, 5) is 29.8. The van der Waals surface area contributed by atoms with E-state index >= 15 is 0 Å². The van der Waals surface area contributed by atoms with E-state index in [0.717, 1.165) is 21.4 Å². The first-order valence-electron chi connectivity index (χ1n) is 9.73. The third-order valence-corrected chi connectivity index (χ3v) is 5.50. The predicted molar refractivity (Wildman–Crippen MR) is 125 cm³/mol. The number of hydrogen-bond acceptors (Lipinski definition) is 6. The molecule has 4 aromatic rings. The normalized spacial score (nSPS) is 11.4. The second-order valence-electron chi connectivity index (χ2n) is 7.13. The topological polar surface area (TPSA) is 95.4 Å². The van der Waals surface area contributed by atoms with Crippen LogP contribution in [-0.4, -0.2) is 32.0 Å². The average Bonchev–Trinajstić information content (AvgIpc) is 3.16. The lowest BCUT2D eigenvalue weighted by Crippen LogP contribution is -2.37. The second-order valence-corrected chi connectivity index (χ2v) is 7.54. The third kappa shape index (κ3) is 3.90. The van der Waals surface area contributed by atoms with Gasteiger partial charge in [0.15, 0.2) is 11.2 Å². The molecule has 0 radical (unpaired) electrons. The first-order valence-corrected chi connectivity index (χ1v) is 10.1. The smallest absolute Gasteiger partial charge is 0.332 e. The van der Waals surface area contributed by atoms with Crippen molar-refractivity contribution in [3.63, 3.8) is 0 Å². The zero-order valence-electron chi connectivity index (χ0n) is 17.7. The number of benzene rings is 2. The highest BCUT2D eigenvalue weighted by Crippen LogP contribution is 2.22. The minimum atomic E-state index is -0.460. The molecule has 32 heavy (non-hydrogen) atoms. The van der Waals surface area contributed by atoms with E-state index in [4.69, 9.17) is 16.3 Å². The monoisotopic (exact) mass is 452 g/mol. The first-order chi connectivity index (χ1) is 15.4. The SMILES string of the molecule is COc1ccc(C=NNc2nc3c(c(=O)n(C)c(=O)n3C)n2Cc2ccccc2Cl)cc1. The number of nitrogens with one attached hydrogen (secondary N) is 1. The number of fused-ring (bicyclic) bond motifs is 1. The molecular weight excluding hydrogens is 432 g/mol. The molecule has 2 aromatic carbocycles. The van der Waals surface area contributed by atoms with Crippen molar-refractivity contribution in [3.8, 4) is 5.75 Å². The number of aryl methyl sites for hydroxylation is 1. The van der Waals surface area contributed by atoms with Gasteiger partial charge in [0.05, 0.1) is 19.9 Å². The van der Waals surface area contributed by atoms with Gasteiger partial charge < -0.3 is 4.74 Å². The van der Waals surface area contributed by atoms with Crippen molar-refractivity contribution in [2.24, 2.45) is 19.2 Å². The van der Waals surface area contributed by atoms with Crippen LogP contribution in [0.15, 0.2) is 63.2 Å². The van der Waals surface area contributed by atoms with Crippen molar-refractivity contribution in [1.29, 1.82) is 0 Å². The maximum Gasteiger partial charge on any atom is 0.332 e. The molecule has 4 rings (SSSR count). The fourth-order valence-corrected chi connectivity index (χ4v) is 3.53. The Morgan fingerprint density at radius 1 is 1.09 bits per heavy atom. The number of halogens is 1. The molecule has 10 heteroatoms. The lowest BCUT2D eigenvalue weighted by atomic mass is 10.2. The molecule has 0 bridgehead atoms. The van der Waals surface area contributed by atoms with Gasteiger partial charge >= 0.3 is 5.69 Å². The maximum absolute atomic E-state index is 12.9. The molecule has 0 saturated heterocycles. The van der Waals surface area contributed by atoms with Crippen LogP contribution in [0.25, 0.3) is 11.2 Å². The average molecular weight is 453 g/mol. The molecule has 2 aromatic heterocycles. The van der Waals surface area contributed by atoms with Crippen LogP contribution >= 0.6 is 11.6 Å². The number of anilines is 1. The van der Waals surface area contributed by atoms with E-state index in [1.807, 2.05) is 42.5 Å². The van der Waals surface area contributed by atoms with E-state index in [2.05, 4.69) is 15.5 Å². The Hall–Kier alpha value is -3.85. The molecule has 0 atom stereocenters. The van der Waals surface area contributed by atoms with Gasteiger partial charge in [-0.25, -0.2) is 10.2 Å². The van der Waals surface area contributed by atoms with Crippen LogP contribution in [0.2, 0.25) is 5.02 Å². The second kappa shape index (κ2) is 8.72. The van der Waals surface area contributed by atoms with E-state index in [-0.39, 0.29) is 17.7 Å². The number of aromatic nitrogens is 4. The van der Waals surface area contributed by atoms with Crippen molar-refractivity contribution >= 4 is 34.9 Å². The van der Waals surface area contributed by atoms with E-state index < -0.39 is 11.2 Å². The summed E-state index contributed by atoms with van der Waals surface area (Å²) in [6.07, 6.45) is 1.62. The zero-order valence-corrected chi connectivity index (χ0v) is 18.5. The minimum Gasteiger partial charge on any atom is -0.497 e. The number of imidazole rings is 1. The molecule has 9 nitrogen and oxygen atoms in total. The van der Waals surface area contributed by atoms with Gasteiger partial charge in [-0.2, -0.15) is 10.1 Å². The highest BCUT2D eigenvalue weighted by molar-refractivity contribution is 6.31. The van der Waals surface area contributed by atoms with Crippen LogP contribution < -0.4 is 21.4 Å². The number of hydrazone groups is 1. The number of methoxy groups -OCH3 is 1. The van der Waals surface area contributed by atoms with E-state index in [1.165, 1.54) is 11.6 Å². The van der Waals surface area contributed by atoms with Gasteiger partial charge in [0.1, 0.15) is 5.75 Å². The molecular formula is C22H21ClN6O3. The number of rotatable bonds is 6. The summed E-state index contributed by atoms with van der Waals surface area (Å²) in [6.45, 7) is 0.268. The van der Waals surface area contributed by atoms with Crippen LogP contribution in [0.5, 0.6) is 5.75 Å². The van der Waals surface area contributed by atoms with E-state index in [1.54, 1.807) is 31.0 Å². The third-order valence-electron chi connectivity index (χ3n) is 5.13. The van der Waals surface area contributed by atoms with Crippen LogP contribution in [0.3, 0.4) is 0 Å². The molecule has 1 N–H and O–H groups in total. The van der Waals surface area contributed by atoms with E-state index in [9.17, 15) is 9.59 Å². The molecule has 0 saturated carbocycles. The summed E-state index contributed by atoms with van der Waals surface area (Å²) in [6, 6.07) is 14.7. The predicted octanol–water partition coefficient (Wildman–Crippen LogP) is 2.59. The fourth-order valence-electron chi connectivity index (χ4n) is 3.34. The molecule has 0 amide bonds. The number of ether oxygens (including phenoxy) is 1. The van der Waals surface area contributed by atoms with Crippen LogP contribution in [0.4, 0.5) is 5.95 Å². The van der Waals surface area contributed by atoms with Gasteiger partial charge in [0, 0.05) is 19.1 Å². The number of hydrogen-bond donors (Lipinski definition) is 1. The minimum absolute atomic E-state index is 0.257. The van der Waals surface area contributed by atoms with Crippen LogP contribution in [-0.2, 0) is 20.6 Å². The van der Waals surface area contributed by atoms with Gasteiger partial charge in [-0.05, 0) is 41.5 Å². The Morgan fingerprint density at radius 3 is 2.50 bits per heavy atom. The van der Waals surface area contributed by atoms with Crippen molar-refractivity contribution in [3.05, 3.63) is 85.5 Å². The zero-order chi connectivity index (χ0) is 22.8. The number of nitrogens with zero attached hydrogens (tertiary/aromatic N) is 5. The van der Waals surface area contributed by atoms with Crippen molar-refractivity contribution < 1.29 is 4.74 Å². The molecule has 0 spiro atoms. The van der Waals surface area contributed by atoms with Gasteiger partial charge in [-0.1, -0.05) is 29.8 Å². The van der Waals surface area contributed by atoms with Gasteiger partial charge in [-0.3, -0.25) is 18.5 Å². The van der Waals surface area contributed by atoms with Crippen LogP contribution in [0, 0.1) is 0 Å². The first kappa shape index (κ1) is 21.4. The molecule has 0 unspecified atom stereocenters. The molecule has 164 valence electrons. The van der Waals surface area contributed by atoms with Gasteiger partial charge in [0.25, 0.3) is 5.56 Å². The molecule has 2 heterocycles. The highest BCUT2D eigenvalue weighted by atomic mass is 35.5. The van der Waals surface area contributed by atoms with Gasteiger partial charge in [0.2, 0.25) is 5.95 Å². The van der Waals surface area contributed by atoms with Crippen LogP contribution in [0.1, 0.15) is 11.1 Å². The maximum atomic E-state index is 12.9. The van der Waals surface area contributed by atoms with Crippen molar-refractivity contribution in [1.82, 2.24) is 18.7 Å². The lowest BCUT2D eigenvalue weighted by Gasteiger charge is -2.10. The van der Waals surface area contributed by atoms with Crippen molar-refractivity contribution in [2.45, 2.75) is 6.54 Å². The summed E-state index contributed by atoms with van der Waals surface area (Å²) >= 11 is 6.35. The molecule has 0 aliphatic heterocycles. The van der Waals surface area contributed by atoms with E-state index in [0.29, 0.717) is 11.0 Å². The standard InChI is InChI=1S/C22H21ClN6O3/c1-27-19-18(20(30)28(2)22(27)31)29(13-15-6-4-5-7-17(15)23)21(25-19)26-24-12-14-8-10-16(32-3)11-9-14/h4-12H,13H2,1-3H3,(H,25,26). The summed E-state index contributed by atoms with van der Waals surface area (Å²) in [7, 11) is 4.61. The molecule has 0 fully saturated rings. The molecule has 0 aliphatic carbocycles. The van der Waals surface area contributed by atoms with Gasteiger partial charge in [-0.15, -0.1) is 0 Å². The lowest BCUT2D eigenvalue weighted by molar-refractivity contribution is 0.415. The Kier molecular flexibility index (Phi) is 5.83. The summed E-state index contributed by atoms with van der Waals surface area (Å²) in [5, 5.41) is 4.82. The fraction of sp³-hybridized carbons (Fsp3) is 0.182.